The maximum absolute atomic E-state index is 12.6. The second kappa shape index (κ2) is 8.24. The van der Waals surface area contributed by atoms with Crippen LogP contribution in [0.1, 0.15) is 26.7 Å². The molecule has 7 nitrogen and oxygen atoms in total. The zero-order valence-corrected chi connectivity index (χ0v) is 18.6. The van der Waals surface area contributed by atoms with Crippen LogP contribution in [0.3, 0.4) is 0 Å². The van der Waals surface area contributed by atoms with Gasteiger partial charge in [-0.15, -0.1) is 0 Å². The monoisotopic (exact) mass is 463 g/mol. The summed E-state index contributed by atoms with van der Waals surface area (Å²) in [6.45, 7) is 7.50. The maximum Gasteiger partial charge on any atom is 0.260 e. The van der Waals surface area contributed by atoms with Crippen molar-refractivity contribution in [2.45, 2.75) is 32.5 Å². The van der Waals surface area contributed by atoms with Crippen LogP contribution in [0.4, 0.5) is 0 Å². The lowest BCUT2D eigenvalue weighted by Crippen LogP contribution is -2.42. The first kappa shape index (κ1) is 22.1. The number of nitrogens with zero attached hydrogens (tertiary/aromatic N) is 1. The van der Waals surface area contributed by atoms with Crippen LogP contribution in [-0.4, -0.2) is 50.5 Å². The number of fused-ring (bicyclic) bond motifs is 1. The van der Waals surface area contributed by atoms with Gasteiger partial charge in [-0.05, 0) is 24.8 Å². The highest BCUT2D eigenvalue weighted by atomic mass is 35.5. The van der Waals surface area contributed by atoms with E-state index in [4.69, 9.17) is 37.4 Å². The van der Waals surface area contributed by atoms with E-state index in [-0.39, 0.29) is 40.7 Å². The number of hydrogen-bond acceptors (Lipinski definition) is 6. The van der Waals surface area contributed by atoms with Crippen LogP contribution in [-0.2, 0) is 14.6 Å². The SMILES string of the molecule is C=CS(=O)(=O)CC1CCN(C(=O)COc2c(Cl)cc(Cl)c3c2OC(C)(C)O3)CC1. The Kier molecular flexibility index (Phi) is 6.27. The van der Waals surface area contributed by atoms with Gasteiger partial charge >= 0.3 is 0 Å². The number of rotatable bonds is 6. The Balaban J connectivity index is 1.60. The number of ether oxygens (including phenoxy) is 3. The molecule has 0 aromatic heterocycles. The van der Waals surface area contributed by atoms with Crippen LogP contribution in [0, 0.1) is 5.92 Å². The lowest BCUT2D eigenvalue weighted by atomic mass is 9.99. The molecule has 0 saturated carbocycles. The molecule has 0 bridgehead atoms. The minimum Gasteiger partial charge on any atom is -0.478 e. The third-order valence-electron chi connectivity index (χ3n) is 4.82. The van der Waals surface area contributed by atoms with E-state index >= 15 is 0 Å². The van der Waals surface area contributed by atoms with Crippen molar-refractivity contribution in [3.05, 3.63) is 28.1 Å². The molecule has 3 rings (SSSR count). The summed E-state index contributed by atoms with van der Waals surface area (Å²) in [5.74, 6) is -0.253. The molecule has 0 N–H and O–H groups in total. The molecule has 0 atom stereocenters. The highest BCUT2D eigenvalue weighted by molar-refractivity contribution is 7.94. The molecule has 0 unspecified atom stereocenters. The van der Waals surface area contributed by atoms with Crippen LogP contribution in [0.15, 0.2) is 18.1 Å². The summed E-state index contributed by atoms with van der Waals surface area (Å²) in [7, 11) is -3.24. The Bertz CT molecular complexity index is 923. The van der Waals surface area contributed by atoms with Crippen LogP contribution in [0.5, 0.6) is 17.2 Å². The smallest absolute Gasteiger partial charge is 0.260 e. The topological polar surface area (TPSA) is 82.1 Å². The van der Waals surface area contributed by atoms with E-state index in [1.165, 1.54) is 6.07 Å². The Hall–Kier alpha value is -1.64. The first-order valence-electron chi connectivity index (χ1n) is 9.17. The summed E-state index contributed by atoms with van der Waals surface area (Å²) in [6, 6.07) is 1.48. The number of amides is 1. The van der Waals surface area contributed by atoms with Gasteiger partial charge in [0, 0.05) is 32.3 Å². The number of sulfone groups is 1. The van der Waals surface area contributed by atoms with Crippen molar-refractivity contribution >= 4 is 38.9 Å². The van der Waals surface area contributed by atoms with Gasteiger partial charge in [-0.1, -0.05) is 29.8 Å². The quantitative estimate of drug-likeness (QED) is 0.639. The van der Waals surface area contributed by atoms with Crippen LogP contribution < -0.4 is 14.2 Å². The van der Waals surface area contributed by atoms with Crippen molar-refractivity contribution < 1.29 is 27.4 Å². The highest BCUT2D eigenvalue weighted by Gasteiger charge is 2.37. The average Bonchev–Trinajstić information content (AvgIpc) is 2.97. The van der Waals surface area contributed by atoms with Crippen LogP contribution in [0.2, 0.25) is 10.0 Å². The molecule has 0 radical (unpaired) electrons. The number of halogens is 2. The van der Waals surface area contributed by atoms with Crippen molar-refractivity contribution in [2.24, 2.45) is 5.92 Å². The third kappa shape index (κ3) is 5.10. The first-order valence-corrected chi connectivity index (χ1v) is 11.6. The molecule has 0 aliphatic carbocycles. The lowest BCUT2D eigenvalue weighted by molar-refractivity contribution is -0.134. The second-order valence-electron chi connectivity index (χ2n) is 7.54. The Morgan fingerprint density at radius 1 is 1.28 bits per heavy atom. The molecule has 1 aromatic carbocycles. The molecule has 2 aliphatic rings. The van der Waals surface area contributed by atoms with Gasteiger partial charge < -0.3 is 19.1 Å². The van der Waals surface area contributed by atoms with Crippen molar-refractivity contribution in [3.63, 3.8) is 0 Å². The van der Waals surface area contributed by atoms with Gasteiger partial charge in [0.2, 0.25) is 11.5 Å². The van der Waals surface area contributed by atoms with Crippen molar-refractivity contribution in [1.29, 1.82) is 0 Å². The molecule has 1 fully saturated rings. The first-order chi connectivity index (χ1) is 13.5. The maximum atomic E-state index is 12.6. The van der Waals surface area contributed by atoms with E-state index < -0.39 is 15.6 Å². The predicted octanol–water partition coefficient (Wildman–Crippen LogP) is 3.68. The zero-order valence-electron chi connectivity index (χ0n) is 16.2. The fraction of sp³-hybridized carbons (Fsp3) is 0.526. The summed E-state index contributed by atoms with van der Waals surface area (Å²) in [5.41, 5.74) is 0. The number of carbonyl (C=O) groups excluding carboxylic acids is 1. The van der Waals surface area contributed by atoms with E-state index in [0.29, 0.717) is 36.7 Å². The molecule has 1 aromatic rings. The Morgan fingerprint density at radius 2 is 1.90 bits per heavy atom. The number of piperidine rings is 1. The normalized spacial score (nSPS) is 18.6. The second-order valence-corrected chi connectivity index (χ2v) is 10.3. The van der Waals surface area contributed by atoms with Gasteiger partial charge in [-0.3, -0.25) is 4.79 Å². The predicted molar refractivity (Wildman–Crippen MR) is 111 cm³/mol. The summed E-state index contributed by atoms with van der Waals surface area (Å²) >= 11 is 12.4. The fourth-order valence-electron chi connectivity index (χ4n) is 3.37. The van der Waals surface area contributed by atoms with Gasteiger partial charge in [0.05, 0.1) is 15.8 Å². The zero-order chi connectivity index (χ0) is 21.4. The Labute approximate surface area is 180 Å². The molecule has 29 heavy (non-hydrogen) atoms. The van der Waals surface area contributed by atoms with E-state index in [2.05, 4.69) is 6.58 Å². The highest BCUT2D eigenvalue weighted by Crippen LogP contribution is 2.53. The minimum atomic E-state index is -3.24. The summed E-state index contributed by atoms with van der Waals surface area (Å²) in [6.07, 6.45) is 1.22. The molecule has 10 heteroatoms. The standard InChI is InChI=1S/C19H23Cl2NO6S/c1-4-29(24,25)11-12-5-7-22(8-6-12)15(23)10-26-16-13(20)9-14(21)17-18(16)28-19(2,3)27-17/h4,9,12H,1,5-8,10-11H2,2-3H3. The molecule has 2 aliphatic heterocycles. The van der Waals surface area contributed by atoms with Crippen molar-refractivity contribution in [1.82, 2.24) is 4.90 Å². The lowest BCUT2D eigenvalue weighted by Gasteiger charge is -2.31. The van der Waals surface area contributed by atoms with Crippen LogP contribution in [0.25, 0.3) is 0 Å². The Morgan fingerprint density at radius 3 is 2.52 bits per heavy atom. The molecule has 2 heterocycles. The largest absolute Gasteiger partial charge is 0.478 e. The van der Waals surface area contributed by atoms with Gasteiger partial charge in [-0.2, -0.15) is 0 Å². The molecule has 1 amide bonds. The molecule has 0 spiro atoms. The van der Waals surface area contributed by atoms with E-state index in [1.54, 1.807) is 18.7 Å². The molecular formula is C19H23Cl2NO6S. The van der Waals surface area contributed by atoms with E-state index in [1.807, 2.05) is 0 Å². The minimum absolute atomic E-state index is 0.0183. The molecule has 1 saturated heterocycles. The summed E-state index contributed by atoms with van der Waals surface area (Å²) in [5, 5.41) is 1.50. The molecular weight excluding hydrogens is 441 g/mol. The fourth-order valence-corrected chi connectivity index (χ4v) is 5.03. The number of hydrogen-bond donors (Lipinski definition) is 0. The van der Waals surface area contributed by atoms with Gasteiger partial charge in [-0.25, -0.2) is 8.42 Å². The molecule has 160 valence electrons. The number of benzene rings is 1. The summed E-state index contributed by atoms with van der Waals surface area (Å²) in [4.78, 5) is 14.2. The van der Waals surface area contributed by atoms with Crippen LogP contribution >= 0.6 is 23.2 Å². The third-order valence-corrected chi connectivity index (χ3v) is 6.83. The number of likely N-dealkylation sites (tertiary alicyclic amines) is 1. The average molecular weight is 464 g/mol. The van der Waals surface area contributed by atoms with Crippen molar-refractivity contribution in [2.75, 3.05) is 25.4 Å². The van der Waals surface area contributed by atoms with E-state index in [9.17, 15) is 13.2 Å². The number of carbonyl (C=O) groups is 1. The van der Waals surface area contributed by atoms with Gasteiger partial charge in [0.15, 0.2) is 27.9 Å². The van der Waals surface area contributed by atoms with E-state index in [0.717, 1.165) is 5.41 Å². The van der Waals surface area contributed by atoms with Gasteiger partial charge in [0.25, 0.3) is 5.91 Å². The summed E-state index contributed by atoms with van der Waals surface area (Å²) < 4.78 is 40.4. The van der Waals surface area contributed by atoms with Crippen molar-refractivity contribution in [3.8, 4) is 17.2 Å². The van der Waals surface area contributed by atoms with Gasteiger partial charge in [0.1, 0.15) is 0 Å².